The lowest BCUT2D eigenvalue weighted by molar-refractivity contribution is -0.167. The second kappa shape index (κ2) is 55.7. The Kier molecular flexibility index (Phi) is 53.3. The maximum absolute atomic E-state index is 12.8. The van der Waals surface area contributed by atoms with Gasteiger partial charge in [0, 0.05) is 19.3 Å². The van der Waals surface area contributed by atoms with Crippen LogP contribution in [0.25, 0.3) is 0 Å². The number of esters is 3. The van der Waals surface area contributed by atoms with Gasteiger partial charge in [-0.05, 0) is 109 Å². The quantitative estimate of drug-likeness (QED) is 0.0262. The van der Waals surface area contributed by atoms with Gasteiger partial charge in [-0.2, -0.15) is 0 Å². The molecule has 0 saturated carbocycles. The molecule has 0 bridgehead atoms. The maximum Gasteiger partial charge on any atom is 0.306 e. The van der Waals surface area contributed by atoms with Gasteiger partial charge in [0.05, 0.1) is 0 Å². The average Bonchev–Trinajstić information content (AvgIpc) is 3.33. The molecule has 388 valence electrons. The minimum absolute atomic E-state index is 0.0874. The van der Waals surface area contributed by atoms with E-state index >= 15 is 0 Å². The van der Waals surface area contributed by atoms with E-state index in [9.17, 15) is 14.4 Å². The fourth-order valence-electron chi connectivity index (χ4n) is 8.09. The zero-order valence-corrected chi connectivity index (χ0v) is 44.4. The van der Waals surface area contributed by atoms with Gasteiger partial charge in [0.25, 0.3) is 0 Å². The Morgan fingerprint density at radius 2 is 0.537 bits per heavy atom. The molecule has 0 aliphatic rings. The van der Waals surface area contributed by atoms with E-state index in [0.717, 1.165) is 89.9 Å². The number of hydrogen-bond acceptors (Lipinski definition) is 6. The van der Waals surface area contributed by atoms with Crippen molar-refractivity contribution in [3.63, 3.8) is 0 Å². The molecule has 0 unspecified atom stereocenters. The van der Waals surface area contributed by atoms with Crippen LogP contribution in [0.5, 0.6) is 0 Å². The molecule has 6 nitrogen and oxygen atoms in total. The normalized spacial score (nSPS) is 12.5. The van der Waals surface area contributed by atoms with Crippen LogP contribution in [-0.2, 0) is 28.6 Å². The number of carbonyl (C=O) groups excluding carboxylic acids is 3. The second-order valence-corrected chi connectivity index (χ2v) is 19.2. The predicted molar refractivity (Wildman–Crippen MR) is 288 cm³/mol. The molecular formula is C61H108O6. The van der Waals surface area contributed by atoms with Crippen molar-refractivity contribution < 1.29 is 28.6 Å². The molecule has 0 amide bonds. The molecule has 6 heteroatoms. The Bertz CT molecular complexity index is 1210. The predicted octanol–water partition coefficient (Wildman–Crippen LogP) is 19.2. The molecule has 67 heavy (non-hydrogen) atoms. The number of rotatable bonds is 52. The monoisotopic (exact) mass is 937 g/mol. The molecule has 0 aromatic carbocycles. The molecule has 0 saturated heterocycles. The highest BCUT2D eigenvalue weighted by atomic mass is 16.6. The molecule has 0 N–H and O–H groups in total. The molecule has 0 spiro atoms. The van der Waals surface area contributed by atoms with E-state index in [2.05, 4.69) is 81.5 Å². The van der Waals surface area contributed by atoms with Crippen LogP contribution in [0, 0.1) is 0 Å². The Hall–Kier alpha value is -2.89. The first-order valence-corrected chi connectivity index (χ1v) is 28.8. The molecule has 0 aromatic heterocycles. The first-order valence-electron chi connectivity index (χ1n) is 28.8. The molecule has 0 heterocycles. The lowest BCUT2D eigenvalue weighted by Gasteiger charge is -2.18. The minimum Gasteiger partial charge on any atom is -0.462 e. The van der Waals surface area contributed by atoms with Gasteiger partial charge in [0.1, 0.15) is 13.2 Å². The van der Waals surface area contributed by atoms with Gasteiger partial charge in [0.2, 0.25) is 0 Å². The second-order valence-electron chi connectivity index (χ2n) is 19.2. The number of allylic oxidation sites excluding steroid dienone is 10. The zero-order valence-electron chi connectivity index (χ0n) is 44.4. The van der Waals surface area contributed by atoms with Crippen LogP contribution in [0.15, 0.2) is 60.8 Å². The van der Waals surface area contributed by atoms with E-state index in [1.165, 1.54) is 161 Å². The van der Waals surface area contributed by atoms with Crippen molar-refractivity contribution in [2.24, 2.45) is 0 Å². The van der Waals surface area contributed by atoms with Crippen molar-refractivity contribution in [1.82, 2.24) is 0 Å². The summed E-state index contributed by atoms with van der Waals surface area (Å²) in [4.78, 5) is 38.1. The smallest absolute Gasteiger partial charge is 0.306 e. The van der Waals surface area contributed by atoms with Gasteiger partial charge in [-0.25, -0.2) is 0 Å². The molecule has 1 atom stereocenters. The van der Waals surface area contributed by atoms with Crippen molar-refractivity contribution in [3.05, 3.63) is 60.8 Å². The van der Waals surface area contributed by atoms with Gasteiger partial charge in [-0.3, -0.25) is 14.4 Å². The van der Waals surface area contributed by atoms with Crippen LogP contribution < -0.4 is 0 Å². The topological polar surface area (TPSA) is 78.9 Å². The lowest BCUT2D eigenvalue weighted by atomic mass is 10.1. The fraction of sp³-hybridized carbons (Fsp3) is 0.787. The molecule has 0 aliphatic carbocycles. The molecule has 0 aromatic rings. The summed E-state index contributed by atoms with van der Waals surface area (Å²) >= 11 is 0. The third kappa shape index (κ3) is 53.9. The molecule has 0 aliphatic heterocycles. The summed E-state index contributed by atoms with van der Waals surface area (Å²) in [6.07, 6.45) is 69.2. The number of carbonyl (C=O) groups is 3. The van der Waals surface area contributed by atoms with Crippen LogP contribution in [0.3, 0.4) is 0 Å². The fourth-order valence-corrected chi connectivity index (χ4v) is 8.09. The third-order valence-corrected chi connectivity index (χ3v) is 12.5. The number of ether oxygens (including phenoxy) is 3. The van der Waals surface area contributed by atoms with Crippen molar-refractivity contribution >= 4 is 17.9 Å². The zero-order chi connectivity index (χ0) is 48.6. The van der Waals surface area contributed by atoms with Gasteiger partial charge >= 0.3 is 17.9 Å². The molecule has 0 fully saturated rings. The van der Waals surface area contributed by atoms with E-state index in [4.69, 9.17) is 14.2 Å². The van der Waals surface area contributed by atoms with Crippen LogP contribution in [0.4, 0.5) is 0 Å². The highest BCUT2D eigenvalue weighted by Gasteiger charge is 2.19. The summed E-state index contributed by atoms with van der Waals surface area (Å²) < 4.78 is 16.8. The Labute approximate surface area is 415 Å². The standard InChI is InChI=1S/C61H108O6/c1-4-7-10-13-16-19-22-25-28-30-33-36-39-42-45-48-51-54-60(63)66-57-58(56-65-59(62)53-50-47-44-41-38-35-32-27-24-21-18-15-12-9-6-3)67-61(64)55-52-49-46-43-40-37-34-31-29-26-23-20-17-14-11-8-5-2/h17,20,25-29,32,34,37,58H,4-16,18-19,21-24,30-31,33,35-36,38-57H2,1-3H3/b20-17-,28-25-,29-26-,32-27-,37-34-/t58-/m0/s1. The van der Waals surface area contributed by atoms with Crippen molar-refractivity contribution in [3.8, 4) is 0 Å². The Balaban J connectivity index is 4.43. The van der Waals surface area contributed by atoms with E-state index < -0.39 is 6.10 Å². The Morgan fingerprint density at radius 1 is 0.299 bits per heavy atom. The average molecular weight is 938 g/mol. The third-order valence-electron chi connectivity index (χ3n) is 12.5. The van der Waals surface area contributed by atoms with Crippen LogP contribution in [0.2, 0.25) is 0 Å². The van der Waals surface area contributed by atoms with Crippen molar-refractivity contribution in [2.45, 2.75) is 297 Å². The van der Waals surface area contributed by atoms with Gasteiger partial charge in [-0.15, -0.1) is 0 Å². The van der Waals surface area contributed by atoms with Crippen molar-refractivity contribution in [2.75, 3.05) is 13.2 Å². The van der Waals surface area contributed by atoms with E-state index in [0.29, 0.717) is 19.3 Å². The molecule has 0 radical (unpaired) electrons. The SMILES string of the molecule is CCCCC/C=C\C/C=C\C/C=C\CCCCCCC(=O)O[C@@H](COC(=O)CCCCCCC/C=C\CCCCCCCC)COC(=O)CCCCCCCCC/C=C\CCCCCCCC. The summed E-state index contributed by atoms with van der Waals surface area (Å²) in [7, 11) is 0. The van der Waals surface area contributed by atoms with Gasteiger partial charge in [0.15, 0.2) is 6.10 Å². The van der Waals surface area contributed by atoms with E-state index in [1.54, 1.807) is 0 Å². The highest BCUT2D eigenvalue weighted by Crippen LogP contribution is 2.15. The molecule has 0 rings (SSSR count). The summed E-state index contributed by atoms with van der Waals surface area (Å²) in [5.74, 6) is -0.912. The van der Waals surface area contributed by atoms with Gasteiger partial charge in [-0.1, -0.05) is 223 Å². The first kappa shape index (κ1) is 64.1. The number of unbranched alkanes of at least 4 members (excludes halogenated alkanes) is 31. The van der Waals surface area contributed by atoms with Gasteiger partial charge < -0.3 is 14.2 Å². The summed E-state index contributed by atoms with van der Waals surface area (Å²) in [6, 6.07) is 0. The first-order chi connectivity index (χ1) is 33.0. The Morgan fingerprint density at radius 3 is 0.881 bits per heavy atom. The van der Waals surface area contributed by atoms with Crippen LogP contribution >= 0.6 is 0 Å². The lowest BCUT2D eigenvalue weighted by Crippen LogP contribution is -2.30. The highest BCUT2D eigenvalue weighted by molar-refractivity contribution is 5.71. The minimum atomic E-state index is -0.791. The summed E-state index contributed by atoms with van der Waals surface area (Å²) in [6.45, 7) is 6.60. The number of hydrogen-bond donors (Lipinski definition) is 0. The van der Waals surface area contributed by atoms with E-state index in [-0.39, 0.29) is 31.1 Å². The maximum atomic E-state index is 12.8. The summed E-state index contributed by atoms with van der Waals surface area (Å²) in [5.41, 5.74) is 0. The van der Waals surface area contributed by atoms with Crippen LogP contribution in [0.1, 0.15) is 290 Å². The largest absolute Gasteiger partial charge is 0.462 e. The molecular weight excluding hydrogens is 829 g/mol. The van der Waals surface area contributed by atoms with Crippen molar-refractivity contribution in [1.29, 1.82) is 0 Å². The van der Waals surface area contributed by atoms with Crippen LogP contribution in [-0.4, -0.2) is 37.2 Å². The summed E-state index contributed by atoms with van der Waals surface area (Å²) in [5, 5.41) is 0. The van der Waals surface area contributed by atoms with E-state index in [1.807, 2.05) is 0 Å².